The standard InChI is InChI=1S/C11H24N2/c1-3-5-6-13-8-10(4-2)7-11(12)9-13/h10-11H,3-9,12H2,1-2H3. The molecule has 0 aromatic carbocycles. The lowest BCUT2D eigenvalue weighted by molar-refractivity contribution is 0.152. The summed E-state index contributed by atoms with van der Waals surface area (Å²) in [6.07, 6.45) is 5.14. The van der Waals surface area contributed by atoms with Gasteiger partial charge in [-0.1, -0.05) is 26.7 Å². The molecule has 2 heteroatoms. The fourth-order valence-corrected chi connectivity index (χ4v) is 2.21. The molecule has 0 amide bonds. The van der Waals surface area contributed by atoms with E-state index in [0.29, 0.717) is 6.04 Å². The third kappa shape index (κ3) is 3.65. The van der Waals surface area contributed by atoms with Gasteiger partial charge in [0.25, 0.3) is 0 Å². The molecule has 1 fully saturated rings. The van der Waals surface area contributed by atoms with Gasteiger partial charge < -0.3 is 10.6 Å². The Morgan fingerprint density at radius 3 is 2.69 bits per heavy atom. The lowest BCUT2D eigenvalue weighted by Gasteiger charge is -2.35. The number of nitrogens with two attached hydrogens (primary N) is 1. The topological polar surface area (TPSA) is 29.3 Å². The summed E-state index contributed by atoms with van der Waals surface area (Å²) in [6.45, 7) is 8.18. The Balaban J connectivity index is 2.29. The van der Waals surface area contributed by atoms with E-state index in [9.17, 15) is 0 Å². The molecule has 0 aromatic heterocycles. The quantitative estimate of drug-likeness (QED) is 0.722. The maximum atomic E-state index is 6.02. The number of piperidine rings is 1. The monoisotopic (exact) mass is 184 g/mol. The average molecular weight is 184 g/mol. The number of likely N-dealkylation sites (tertiary alicyclic amines) is 1. The van der Waals surface area contributed by atoms with Gasteiger partial charge in [-0.25, -0.2) is 0 Å². The van der Waals surface area contributed by atoms with Crippen molar-refractivity contribution in [2.24, 2.45) is 11.7 Å². The molecular weight excluding hydrogens is 160 g/mol. The summed E-state index contributed by atoms with van der Waals surface area (Å²) in [5, 5.41) is 0. The first kappa shape index (κ1) is 11.0. The van der Waals surface area contributed by atoms with Crippen molar-refractivity contribution in [3.63, 3.8) is 0 Å². The zero-order chi connectivity index (χ0) is 9.68. The van der Waals surface area contributed by atoms with Crippen LogP contribution in [-0.4, -0.2) is 30.6 Å². The minimum atomic E-state index is 0.426. The second kappa shape index (κ2) is 5.61. The summed E-state index contributed by atoms with van der Waals surface area (Å²) in [7, 11) is 0. The molecule has 78 valence electrons. The largest absolute Gasteiger partial charge is 0.327 e. The summed E-state index contributed by atoms with van der Waals surface area (Å²) in [5.41, 5.74) is 6.02. The van der Waals surface area contributed by atoms with Crippen molar-refractivity contribution in [1.29, 1.82) is 0 Å². The van der Waals surface area contributed by atoms with Crippen molar-refractivity contribution in [3.8, 4) is 0 Å². The van der Waals surface area contributed by atoms with E-state index >= 15 is 0 Å². The van der Waals surface area contributed by atoms with Gasteiger partial charge in [0.2, 0.25) is 0 Å². The van der Waals surface area contributed by atoms with Crippen LogP contribution in [0.25, 0.3) is 0 Å². The Labute approximate surface area is 82.5 Å². The van der Waals surface area contributed by atoms with Gasteiger partial charge in [-0.3, -0.25) is 0 Å². The number of hydrogen-bond donors (Lipinski definition) is 1. The highest BCUT2D eigenvalue weighted by Gasteiger charge is 2.22. The molecule has 1 saturated heterocycles. The number of unbranched alkanes of at least 4 members (excludes halogenated alkanes) is 1. The highest BCUT2D eigenvalue weighted by atomic mass is 15.1. The summed E-state index contributed by atoms with van der Waals surface area (Å²) in [5.74, 6) is 0.848. The van der Waals surface area contributed by atoms with E-state index in [-0.39, 0.29) is 0 Å². The smallest absolute Gasteiger partial charge is 0.0170 e. The molecule has 0 radical (unpaired) electrons. The van der Waals surface area contributed by atoms with Gasteiger partial charge in [0.05, 0.1) is 0 Å². The van der Waals surface area contributed by atoms with Gasteiger partial charge in [-0.05, 0) is 25.3 Å². The van der Waals surface area contributed by atoms with Gasteiger partial charge >= 0.3 is 0 Å². The van der Waals surface area contributed by atoms with Gasteiger partial charge in [-0.2, -0.15) is 0 Å². The Morgan fingerprint density at radius 2 is 2.08 bits per heavy atom. The lowest BCUT2D eigenvalue weighted by Crippen LogP contribution is -2.47. The second-order valence-electron chi connectivity index (χ2n) is 4.38. The van der Waals surface area contributed by atoms with E-state index in [4.69, 9.17) is 5.73 Å². The summed E-state index contributed by atoms with van der Waals surface area (Å²) in [4.78, 5) is 2.55. The molecule has 0 bridgehead atoms. The Kier molecular flexibility index (Phi) is 4.74. The predicted molar refractivity (Wildman–Crippen MR) is 57.7 cm³/mol. The first-order valence-electron chi connectivity index (χ1n) is 5.74. The van der Waals surface area contributed by atoms with Crippen LogP contribution in [0, 0.1) is 5.92 Å². The maximum absolute atomic E-state index is 6.02. The fourth-order valence-electron chi connectivity index (χ4n) is 2.21. The highest BCUT2D eigenvalue weighted by molar-refractivity contribution is 4.80. The van der Waals surface area contributed by atoms with Crippen molar-refractivity contribution >= 4 is 0 Å². The van der Waals surface area contributed by atoms with Crippen molar-refractivity contribution in [2.45, 2.75) is 45.6 Å². The third-order valence-electron chi connectivity index (χ3n) is 3.05. The zero-order valence-electron chi connectivity index (χ0n) is 9.13. The van der Waals surface area contributed by atoms with Crippen molar-refractivity contribution in [3.05, 3.63) is 0 Å². The van der Waals surface area contributed by atoms with Crippen molar-refractivity contribution < 1.29 is 0 Å². The van der Waals surface area contributed by atoms with E-state index in [0.717, 1.165) is 12.5 Å². The van der Waals surface area contributed by atoms with Crippen LogP contribution in [0.2, 0.25) is 0 Å². The molecule has 0 saturated carbocycles. The fraction of sp³-hybridized carbons (Fsp3) is 1.00. The Hall–Kier alpha value is -0.0800. The number of nitrogens with zero attached hydrogens (tertiary/aromatic N) is 1. The minimum absolute atomic E-state index is 0.426. The molecule has 2 N–H and O–H groups in total. The normalized spacial score (nSPS) is 30.7. The van der Waals surface area contributed by atoms with Crippen LogP contribution in [0.5, 0.6) is 0 Å². The van der Waals surface area contributed by atoms with Crippen LogP contribution in [0.15, 0.2) is 0 Å². The predicted octanol–water partition coefficient (Wildman–Crippen LogP) is 1.85. The van der Waals surface area contributed by atoms with E-state index < -0.39 is 0 Å². The molecular formula is C11H24N2. The Morgan fingerprint density at radius 1 is 1.31 bits per heavy atom. The SMILES string of the molecule is CCCCN1CC(N)CC(CC)C1. The average Bonchev–Trinajstić information content (AvgIpc) is 2.14. The molecule has 1 rings (SSSR count). The molecule has 2 nitrogen and oxygen atoms in total. The van der Waals surface area contributed by atoms with E-state index in [2.05, 4.69) is 18.7 Å². The van der Waals surface area contributed by atoms with Crippen LogP contribution in [-0.2, 0) is 0 Å². The van der Waals surface area contributed by atoms with Crippen molar-refractivity contribution in [1.82, 2.24) is 4.90 Å². The van der Waals surface area contributed by atoms with Crippen LogP contribution in [0.4, 0.5) is 0 Å². The highest BCUT2D eigenvalue weighted by Crippen LogP contribution is 2.18. The van der Waals surface area contributed by atoms with Crippen LogP contribution in [0.3, 0.4) is 0 Å². The molecule has 0 aromatic rings. The van der Waals surface area contributed by atoms with E-state index in [1.165, 1.54) is 38.8 Å². The van der Waals surface area contributed by atoms with Gasteiger partial charge in [0, 0.05) is 19.1 Å². The van der Waals surface area contributed by atoms with E-state index in [1.54, 1.807) is 0 Å². The molecule has 1 aliphatic rings. The van der Waals surface area contributed by atoms with Gasteiger partial charge in [0.1, 0.15) is 0 Å². The molecule has 2 unspecified atom stereocenters. The third-order valence-corrected chi connectivity index (χ3v) is 3.05. The Bertz CT molecular complexity index is 136. The van der Waals surface area contributed by atoms with Gasteiger partial charge in [-0.15, -0.1) is 0 Å². The molecule has 0 spiro atoms. The van der Waals surface area contributed by atoms with Gasteiger partial charge in [0.15, 0.2) is 0 Å². The first-order valence-corrected chi connectivity index (χ1v) is 5.74. The van der Waals surface area contributed by atoms with Crippen LogP contribution >= 0.6 is 0 Å². The van der Waals surface area contributed by atoms with Crippen LogP contribution in [0.1, 0.15) is 39.5 Å². The second-order valence-corrected chi connectivity index (χ2v) is 4.38. The molecule has 1 heterocycles. The molecule has 13 heavy (non-hydrogen) atoms. The summed E-state index contributed by atoms with van der Waals surface area (Å²) < 4.78 is 0. The maximum Gasteiger partial charge on any atom is 0.0170 e. The first-order chi connectivity index (χ1) is 6.26. The lowest BCUT2D eigenvalue weighted by atomic mass is 9.92. The van der Waals surface area contributed by atoms with Crippen molar-refractivity contribution in [2.75, 3.05) is 19.6 Å². The molecule has 0 aliphatic carbocycles. The molecule has 2 atom stereocenters. The number of rotatable bonds is 4. The van der Waals surface area contributed by atoms with E-state index in [1.807, 2.05) is 0 Å². The summed E-state index contributed by atoms with van der Waals surface area (Å²) >= 11 is 0. The summed E-state index contributed by atoms with van der Waals surface area (Å²) in [6, 6.07) is 0.426. The van der Waals surface area contributed by atoms with Crippen LogP contribution < -0.4 is 5.73 Å². The minimum Gasteiger partial charge on any atom is -0.327 e. The number of hydrogen-bond acceptors (Lipinski definition) is 2. The molecule has 1 aliphatic heterocycles. The zero-order valence-corrected chi connectivity index (χ0v) is 9.13.